The lowest BCUT2D eigenvalue weighted by atomic mass is 9.95. The molecule has 8 heteroatoms. The molecule has 4 nitrogen and oxygen atoms in total. The van der Waals surface area contributed by atoms with E-state index in [4.69, 9.17) is 0 Å². The van der Waals surface area contributed by atoms with Gasteiger partial charge in [-0.05, 0) is 60.2 Å². The number of pyridine rings is 1. The van der Waals surface area contributed by atoms with Gasteiger partial charge in [0, 0.05) is 25.8 Å². The molecule has 4 rings (SSSR count). The summed E-state index contributed by atoms with van der Waals surface area (Å²) in [5.41, 5.74) is 0.424. The van der Waals surface area contributed by atoms with Gasteiger partial charge in [-0.15, -0.1) is 0 Å². The molecule has 2 aliphatic heterocycles. The summed E-state index contributed by atoms with van der Waals surface area (Å²) in [4.78, 5) is 20.8. The van der Waals surface area contributed by atoms with Gasteiger partial charge in [-0.1, -0.05) is 0 Å². The highest BCUT2D eigenvalue weighted by molar-refractivity contribution is 7.08. The number of aromatic nitrogens is 1. The Morgan fingerprint density at radius 3 is 2.75 bits per heavy atom. The highest BCUT2D eigenvalue weighted by atomic mass is 32.1. The number of anilines is 1. The molecular weight excluding hydrogens is 387 g/mol. The average Bonchev–Trinajstić information content (AvgIpc) is 3.38. The molecule has 0 N–H and O–H groups in total. The molecule has 0 bridgehead atoms. The lowest BCUT2D eigenvalue weighted by Crippen LogP contribution is -2.45. The minimum absolute atomic E-state index is 0.0582. The number of rotatable bonds is 3. The fraction of sp³-hybridized carbons (Fsp3) is 0.500. The Kier molecular flexibility index (Phi) is 5.31. The van der Waals surface area contributed by atoms with Gasteiger partial charge in [0.25, 0.3) is 0 Å². The van der Waals surface area contributed by atoms with Crippen molar-refractivity contribution in [3.8, 4) is 0 Å². The first-order valence-electron chi connectivity index (χ1n) is 9.55. The van der Waals surface area contributed by atoms with E-state index in [1.807, 2.05) is 10.3 Å². The molecule has 0 saturated carbocycles. The van der Waals surface area contributed by atoms with Crippen LogP contribution < -0.4 is 4.90 Å². The van der Waals surface area contributed by atoms with E-state index >= 15 is 0 Å². The number of carbonyl (C=O) groups is 1. The number of piperidine rings is 1. The number of amides is 1. The van der Waals surface area contributed by atoms with Crippen LogP contribution in [0.3, 0.4) is 0 Å². The first-order chi connectivity index (χ1) is 13.4. The van der Waals surface area contributed by atoms with E-state index in [0.29, 0.717) is 25.9 Å². The summed E-state index contributed by atoms with van der Waals surface area (Å²) in [5, 5.41) is 4.09. The molecule has 4 heterocycles. The Morgan fingerprint density at radius 1 is 1.18 bits per heavy atom. The summed E-state index contributed by atoms with van der Waals surface area (Å²) in [6.45, 7) is 1.48. The van der Waals surface area contributed by atoms with Crippen LogP contribution in [0, 0.1) is 5.92 Å². The Morgan fingerprint density at radius 2 is 2.00 bits per heavy atom. The first-order valence-corrected chi connectivity index (χ1v) is 10.5. The summed E-state index contributed by atoms with van der Waals surface area (Å²) in [7, 11) is 0. The molecule has 1 amide bonds. The Hall–Kier alpha value is -2.09. The molecule has 2 aliphatic rings. The van der Waals surface area contributed by atoms with E-state index in [-0.39, 0.29) is 30.2 Å². The van der Waals surface area contributed by atoms with Gasteiger partial charge in [0.1, 0.15) is 5.82 Å². The lowest BCUT2D eigenvalue weighted by molar-refractivity contribution is -0.137. The normalized spacial score (nSPS) is 23.2. The SMILES string of the molecule is O=C([C@@H]1CCCN(c2ncccc2C(F)(F)F)C1)N1CCC[C@H]1c1ccsc1. The molecule has 0 aliphatic carbocycles. The van der Waals surface area contributed by atoms with E-state index in [9.17, 15) is 18.0 Å². The third-order valence-corrected chi connectivity index (χ3v) is 6.33. The van der Waals surface area contributed by atoms with E-state index in [1.165, 1.54) is 12.3 Å². The second kappa shape index (κ2) is 7.73. The number of nitrogens with zero attached hydrogens (tertiary/aromatic N) is 3. The van der Waals surface area contributed by atoms with Crippen LogP contribution >= 0.6 is 11.3 Å². The van der Waals surface area contributed by atoms with Crippen LogP contribution in [0.25, 0.3) is 0 Å². The van der Waals surface area contributed by atoms with Gasteiger partial charge in [-0.2, -0.15) is 24.5 Å². The van der Waals surface area contributed by atoms with E-state index in [1.54, 1.807) is 16.2 Å². The third kappa shape index (κ3) is 3.74. The molecule has 2 atom stereocenters. The highest BCUT2D eigenvalue weighted by Crippen LogP contribution is 2.38. The van der Waals surface area contributed by atoms with E-state index in [0.717, 1.165) is 24.5 Å². The van der Waals surface area contributed by atoms with Crippen molar-refractivity contribution in [1.29, 1.82) is 0 Å². The second-order valence-electron chi connectivity index (χ2n) is 7.40. The number of hydrogen-bond donors (Lipinski definition) is 0. The fourth-order valence-corrected chi connectivity index (χ4v) is 5.02. The van der Waals surface area contributed by atoms with Crippen molar-refractivity contribution in [3.05, 3.63) is 46.3 Å². The van der Waals surface area contributed by atoms with Gasteiger partial charge in [0.2, 0.25) is 5.91 Å². The summed E-state index contributed by atoms with van der Waals surface area (Å²) >= 11 is 1.62. The highest BCUT2D eigenvalue weighted by Gasteiger charge is 2.39. The molecular formula is C20H22F3N3OS. The largest absolute Gasteiger partial charge is 0.419 e. The van der Waals surface area contributed by atoms with Crippen LogP contribution in [0.15, 0.2) is 35.2 Å². The zero-order valence-corrected chi connectivity index (χ0v) is 16.2. The average molecular weight is 409 g/mol. The number of likely N-dealkylation sites (tertiary alicyclic amines) is 1. The molecule has 150 valence electrons. The van der Waals surface area contributed by atoms with Crippen molar-refractivity contribution >= 4 is 23.1 Å². The van der Waals surface area contributed by atoms with Crippen molar-refractivity contribution in [3.63, 3.8) is 0 Å². The quantitative estimate of drug-likeness (QED) is 0.735. The van der Waals surface area contributed by atoms with E-state index in [2.05, 4.69) is 16.4 Å². The topological polar surface area (TPSA) is 36.4 Å². The summed E-state index contributed by atoms with van der Waals surface area (Å²) in [5.74, 6) is -0.303. The lowest BCUT2D eigenvalue weighted by Gasteiger charge is -2.37. The maximum Gasteiger partial charge on any atom is 0.419 e. The van der Waals surface area contributed by atoms with Gasteiger partial charge < -0.3 is 9.80 Å². The number of hydrogen-bond acceptors (Lipinski definition) is 4. The Bertz CT molecular complexity index is 824. The smallest absolute Gasteiger partial charge is 0.355 e. The monoisotopic (exact) mass is 409 g/mol. The van der Waals surface area contributed by atoms with Crippen molar-refractivity contribution in [1.82, 2.24) is 9.88 Å². The maximum atomic E-state index is 13.4. The molecule has 0 spiro atoms. The fourth-order valence-electron chi connectivity index (χ4n) is 4.32. The predicted octanol–water partition coefficient (Wildman–Crippen LogP) is 4.74. The van der Waals surface area contributed by atoms with Crippen molar-refractivity contribution < 1.29 is 18.0 Å². The van der Waals surface area contributed by atoms with Gasteiger partial charge >= 0.3 is 6.18 Å². The first kappa shape index (κ1) is 19.2. The van der Waals surface area contributed by atoms with Crippen LogP contribution in [0.5, 0.6) is 0 Å². The predicted molar refractivity (Wildman–Crippen MR) is 102 cm³/mol. The minimum atomic E-state index is -4.46. The van der Waals surface area contributed by atoms with Crippen LogP contribution in [0.2, 0.25) is 0 Å². The molecule has 0 radical (unpaired) electrons. The van der Waals surface area contributed by atoms with E-state index < -0.39 is 11.7 Å². The number of halogens is 3. The summed E-state index contributed by atoms with van der Waals surface area (Å²) in [6.07, 6.45) is 0.207. The van der Waals surface area contributed by atoms with Crippen LogP contribution in [0.1, 0.15) is 42.9 Å². The van der Waals surface area contributed by atoms with Gasteiger partial charge in [-0.3, -0.25) is 4.79 Å². The zero-order valence-electron chi connectivity index (χ0n) is 15.4. The maximum absolute atomic E-state index is 13.4. The summed E-state index contributed by atoms with van der Waals surface area (Å²) < 4.78 is 40.1. The molecule has 2 aromatic heterocycles. The van der Waals surface area contributed by atoms with Crippen molar-refractivity contribution in [2.45, 2.75) is 37.9 Å². The van der Waals surface area contributed by atoms with Gasteiger partial charge in [-0.25, -0.2) is 4.98 Å². The molecule has 2 fully saturated rings. The zero-order chi connectivity index (χ0) is 19.7. The van der Waals surface area contributed by atoms with Crippen molar-refractivity contribution in [2.24, 2.45) is 5.92 Å². The molecule has 28 heavy (non-hydrogen) atoms. The molecule has 0 aromatic carbocycles. The van der Waals surface area contributed by atoms with Gasteiger partial charge in [0.15, 0.2) is 0 Å². The molecule has 0 unspecified atom stereocenters. The third-order valence-electron chi connectivity index (χ3n) is 5.63. The Balaban J connectivity index is 1.52. The standard InChI is InChI=1S/C20H22F3N3OS/c21-20(22,23)16-5-1-8-24-18(16)25-9-2-4-14(12-25)19(27)26-10-3-6-17(26)15-7-11-28-13-15/h1,5,7-8,11,13-14,17H,2-4,6,9-10,12H2/t14-,17+/m1/s1. The minimum Gasteiger partial charge on any atom is -0.355 e. The molecule has 2 saturated heterocycles. The van der Waals surface area contributed by atoms with Crippen molar-refractivity contribution in [2.75, 3.05) is 24.5 Å². The number of carbonyl (C=O) groups excluding carboxylic acids is 1. The summed E-state index contributed by atoms with van der Waals surface area (Å²) in [6, 6.07) is 4.50. The van der Waals surface area contributed by atoms with Gasteiger partial charge in [0.05, 0.1) is 17.5 Å². The van der Waals surface area contributed by atoms with Crippen LogP contribution in [-0.2, 0) is 11.0 Å². The Labute approximate surface area is 166 Å². The van der Waals surface area contributed by atoms with Crippen LogP contribution in [-0.4, -0.2) is 35.4 Å². The molecule has 2 aromatic rings. The number of alkyl halides is 3. The number of thiophene rings is 1. The second-order valence-corrected chi connectivity index (χ2v) is 8.18. The van der Waals surface area contributed by atoms with Crippen LogP contribution in [0.4, 0.5) is 19.0 Å².